The van der Waals surface area contributed by atoms with E-state index in [-0.39, 0.29) is 23.3 Å². The van der Waals surface area contributed by atoms with Gasteiger partial charge in [-0.05, 0) is 24.8 Å². The number of sulfone groups is 1. The van der Waals surface area contributed by atoms with Gasteiger partial charge < -0.3 is 24.5 Å². The fraction of sp³-hybridized carbons (Fsp3) is 0.500. The highest BCUT2D eigenvalue weighted by Crippen LogP contribution is 2.44. The molecule has 11 heteroatoms. The molecule has 2 saturated heterocycles. The van der Waals surface area contributed by atoms with Crippen molar-refractivity contribution in [2.75, 3.05) is 43.3 Å². The number of nitrogens with zero attached hydrogens (tertiary/aromatic N) is 2. The molecule has 0 radical (unpaired) electrons. The molecule has 10 nitrogen and oxygen atoms in total. The monoisotopic (exact) mass is 526 g/mol. The zero-order valence-electron chi connectivity index (χ0n) is 20.7. The molecular weight excluding hydrogens is 496 g/mol. The molecule has 0 saturated carbocycles. The van der Waals surface area contributed by atoms with Gasteiger partial charge in [0.1, 0.15) is 27.0 Å². The van der Waals surface area contributed by atoms with Gasteiger partial charge in [0, 0.05) is 55.1 Å². The molecule has 2 N–H and O–H groups in total. The Kier molecular flexibility index (Phi) is 6.16. The molecule has 37 heavy (non-hydrogen) atoms. The molecule has 0 bridgehead atoms. The van der Waals surface area contributed by atoms with Crippen LogP contribution >= 0.6 is 0 Å². The summed E-state index contributed by atoms with van der Waals surface area (Å²) in [5.41, 5.74) is 3.69. The lowest BCUT2D eigenvalue weighted by molar-refractivity contribution is -0.114. The Morgan fingerprint density at radius 1 is 1.27 bits per heavy atom. The average molecular weight is 527 g/mol. The van der Waals surface area contributed by atoms with Crippen LogP contribution in [0.4, 0.5) is 5.82 Å². The van der Waals surface area contributed by atoms with E-state index in [0.717, 1.165) is 45.6 Å². The van der Waals surface area contributed by atoms with Crippen LogP contribution in [0.15, 0.2) is 24.5 Å². The van der Waals surface area contributed by atoms with E-state index in [9.17, 15) is 13.2 Å². The van der Waals surface area contributed by atoms with Crippen molar-refractivity contribution in [3.05, 3.63) is 35.8 Å². The van der Waals surface area contributed by atoms with E-state index in [1.54, 1.807) is 6.20 Å². The first kappa shape index (κ1) is 24.3. The summed E-state index contributed by atoms with van der Waals surface area (Å²) in [6.45, 7) is 3.52. The number of amides is 1. The Labute approximate surface area is 215 Å². The third-order valence-corrected chi connectivity index (χ3v) is 9.24. The summed E-state index contributed by atoms with van der Waals surface area (Å²) in [5, 5.41) is 3.62. The van der Waals surface area contributed by atoms with Gasteiger partial charge in [0.05, 0.1) is 54.4 Å². The van der Waals surface area contributed by atoms with Crippen LogP contribution in [-0.4, -0.2) is 67.2 Å². The quantitative estimate of drug-likeness (QED) is 0.519. The SMILES string of the molecule is CC(=O)Nc1cc2c(-c3cc(OCC4CCS(=O)(=O)CC4)c4c(n3)C3(CCOC3)OCC4)c[nH]c2cn1. The van der Waals surface area contributed by atoms with Crippen molar-refractivity contribution in [1.29, 1.82) is 0 Å². The normalized spacial score (nSPS) is 23.3. The molecule has 1 unspecified atom stereocenters. The fourth-order valence-corrected chi connectivity index (χ4v) is 7.08. The molecule has 3 aromatic heterocycles. The van der Waals surface area contributed by atoms with Crippen LogP contribution in [0.5, 0.6) is 5.75 Å². The maximum atomic E-state index is 11.9. The second-order valence-corrected chi connectivity index (χ2v) is 12.4. The van der Waals surface area contributed by atoms with Gasteiger partial charge in [-0.25, -0.2) is 18.4 Å². The number of carbonyl (C=O) groups is 1. The molecule has 0 aliphatic carbocycles. The number of aromatic nitrogens is 3. The standard InChI is InChI=1S/C26H30N4O6S/c1-16(31)29-24-10-19-20(12-27-22(19)13-28-24)21-11-23(35-14-17-3-8-37(32,33)9-4-17)18-2-6-36-26(25(18)30-21)5-7-34-15-26/h10-13,17,27H,2-9,14-15H2,1H3,(H,28,29,31). The summed E-state index contributed by atoms with van der Waals surface area (Å²) in [6.07, 6.45) is 6.21. The Morgan fingerprint density at radius 3 is 2.86 bits per heavy atom. The molecular formula is C26H30N4O6S. The summed E-state index contributed by atoms with van der Waals surface area (Å²) in [4.78, 5) is 24.3. The number of pyridine rings is 2. The fourth-order valence-electron chi connectivity index (χ4n) is 5.49. The Balaban J connectivity index is 1.40. The first-order valence-corrected chi connectivity index (χ1v) is 14.5. The number of anilines is 1. The third kappa shape index (κ3) is 4.71. The van der Waals surface area contributed by atoms with Crippen molar-refractivity contribution in [3.8, 4) is 17.0 Å². The van der Waals surface area contributed by atoms with Crippen LogP contribution < -0.4 is 10.1 Å². The number of ether oxygens (including phenoxy) is 3. The van der Waals surface area contributed by atoms with E-state index in [4.69, 9.17) is 19.2 Å². The molecule has 3 aromatic rings. The third-order valence-electron chi connectivity index (χ3n) is 7.53. The number of fused-ring (bicyclic) bond motifs is 3. The number of rotatable bonds is 5. The van der Waals surface area contributed by atoms with E-state index < -0.39 is 15.4 Å². The van der Waals surface area contributed by atoms with Crippen LogP contribution in [0.3, 0.4) is 0 Å². The van der Waals surface area contributed by atoms with Crippen molar-refractivity contribution < 1.29 is 27.4 Å². The van der Waals surface area contributed by atoms with E-state index in [2.05, 4.69) is 15.3 Å². The highest BCUT2D eigenvalue weighted by Gasteiger charge is 2.44. The zero-order valence-corrected chi connectivity index (χ0v) is 21.5. The number of nitrogens with one attached hydrogen (secondary N) is 2. The minimum Gasteiger partial charge on any atom is -0.493 e. The summed E-state index contributed by atoms with van der Waals surface area (Å²) in [7, 11) is -2.93. The number of carbonyl (C=O) groups excluding carboxylic acids is 1. The molecule has 6 rings (SSSR count). The van der Waals surface area contributed by atoms with Crippen LogP contribution in [-0.2, 0) is 36.1 Å². The van der Waals surface area contributed by atoms with Gasteiger partial charge in [0.15, 0.2) is 0 Å². The second kappa shape index (κ2) is 9.38. The van der Waals surface area contributed by atoms with Crippen molar-refractivity contribution >= 4 is 32.5 Å². The predicted octanol–water partition coefficient (Wildman–Crippen LogP) is 2.98. The van der Waals surface area contributed by atoms with Crippen LogP contribution in [0.2, 0.25) is 0 Å². The first-order chi connectivity index (χ1) is 17.8. The molecule has 1 spiro atoms. The summed E-state index contributed by atoms with van der Waals surface area (Å²) < 4.78 is 42.2. The number of aromatic amines is 1. The van der Waals surface area contributed by atoms with Crippen molar-refractivity contribution in [2.45, 2.75) is 38.2 Å². The Bertz CT molecular complexity index is 1450. The van der Waals surface area contributed by atoms with Gasteiger partial charge in [-0.15, -0.1) is 0 Å². The summed E-state index contributed by atoms with van der Waals surface area (Å²) in [6, 6.07) is 3.80. The van der Waals surface area contributed by atoms with Gasteiger partial charge >= 0.3 is 0 Å². The molecule has 196 valence electrons. The number of hydrogen-bond donors (Lipinski definition) is 2. The molecule has 0 aromatic carbocycles. The highest BCUT2D eigenvalue weighted by atomic mass is 32.2. The lowest BCUT2D eigenvalue weighted by atomic mass is 9.89. The molecule has 6 heterocycles. The maximum absolute atomic E-state index is 11.9. The lowest BCUT2D eigenvalue weighted by Crippen LogP contribution is -2.37. The molecule has 2 fully saturated rings. The molecule has 1 atom stereocenters. The Morgan fingerprint density at radius 2 is 2.11 bits per heavy atom. The van der Waals surface area contributed by atoms with Crippen LogP contribution in [0.1, 0.15) is 37.4 Å². The minimum atomic E-state index is -2.93. The smallest absolute Gasteiger partial charge is 0.222 e. The van der Waals surface area contributed by atoms with Gasteiger partial charge in [-0.3, -0.25) is 4.79 Å². The largest absolute Gasteiger partial charge is 0.493 e. The summed E-state index contributed by atoms with van der Waals surface area (Å²) in [5.74, 6) is 1.66. The van der Waals surface area contributed by atoms with Crippen molar-refractivity contribution in [3.63, 3.8) is 0 Å². The van der Waals surface area contributed by atoms with Crippen molar-refractivity contribution in [1.82, 2.24) is 15.0 Å². The Hall–Kier alpha value is -3.02. The molecule has 3 aliphatic heterocycles. The van der Waals surface area contributed by atoms with Gasteiger partial charge in [0.2, 0.25) is 5.91 Å². The van der Waals surface area contributed by atoms with Crippen LogP contribution in [0.25, 0.3) is 22.2 Å². The van der Waals surface area contributed by atoms with Gasteiger partial charge in [-0.1, -0.05) is 0 Å². The predicted molar refractivity (Wildman–Crippen MR) is 137 cm³/mol. The first-order valence-electron chi connectivity index (χ1n) is 12.7. The maximum Gasteiger partial charge on any atom is 0.222 e. The summed E-state index contributed by atoms with van der Waals surface area (Å²) >= 11 is 0. The number of hydrogen-bond acceptors (Lipinski definition) is 8. The van der Waals surface area contributed by atoms with E-state index >= 15 is 0 Å². The van der Waals surface area contributed by atoms with E-state index in [1.807, 2.05) is 18.3 Å². The molecule has 3 aliphatic rings. The van der Waals surface area contributed by atoms with Gasteiger partial charge in [0.25, 0.3) is 0 Å². The second-order valence-electron chi connectivity index (χ2n) is 10.1. The van der Waals surface area contributed by atoms with E-state index in [1.165, 1.54) is 6.92 Å². The topological polar surface area (TPSA) is 132 Å². The minimum absolute atomic E-state index is 0.192. The zero-order chi connectivity index (χ0) is 25.6. The van der Waals surface area contributed by atoms with Crippen molar-refractivity contribution in [2.24, 2.45) is 5.92 Å². The van der Waals surface area contributed by atoms with E-state index in [0.29, 0.717) is 51.5 Å². The lowest BCUT2D eigenvalue weighted by Gasteiger charge is -2.35. The average Bonchev–Trinajstić information content (AvgIpc) is 3.51. The highest BCUT2D eigenvalue weighted by molar-refractivity contribution is 7.91. The molecule has 1 amide bonds. The van der Waals surface area contributed by atoms with Crippen LogP contribution in [0, 0.1) is 5.92 Å². The van der Waals surface area contributed by atoms with Gasteiger partial charge in [-0.2, -0.15) is 0 Å². The number of H-pyrrole nitrogens is 1.